The summed E-state index contributed by atoms with van der Waals surface area (Å²) >= 11 is 6.73. The van der Waals surface area contributed by atoms with Gasteiger partial charge in [-0.15, -0.1) is 0 Å². The normalized spacial score (nSPS) is 15.1. The highest BCUT2D eigenvalue weighted by Crippen LogP contribution is 2.32. The predicted octanol–water partition coefficient (Wildman–Crippen LogP) is 5.79. The second kappa shape index (κ2) is 10.2. The first-order valence-corrected chi connectivity index (χ1v) is 11.7. The van der Waals surface area contributed by atoms with E-state index in [0.29, 0.717) is 28.6 Å². The number of carbonyl (C=O) groups excluding carboxylic acids is 2. The molecule has 2 aromatic rings. The summed E-state index contributed by atoms with van der Waals surface area (Å²) in [5.74, 6) is -0.132. The Morgan fingerprint density at radius 1 is 1.13 bits per heavy atom. The van der Waals surface area contributed by atoms with Crippen LogP contribution >= 0.6 is 24.0 Å². The van der Waals surface area contributed by atoms with Gasteiger partial charge in [0.15, 0.2) is 0 Å². The van der Waals surface area contributed by atoms with E-state index in [-0.39, 0.29) is 11.8 Å². The maximum absolute atomic E-state index is 12.8. The number of amides is 2. The fraction of sp³-hybridized carbons (Fsp3) is 0.320. The Hall–Kier alpha value is -2.44. The van der Waals surface area contributed by atoms with Crippen LogP contribution in [-0.4, -0.2) is 27.6 Å². The average molecular weight is 453 g/mol. The van der Waals surface area contributed by atoms with Crippen molar-refractivity contribution in [3.8, 4) is 0 Å². The fourth-order valence-electron chi connectivity index (χ4n) is 3.67. The molecule has 0 aliphatic carbocycles. The van der Waals surface area contributed by atoms with Crippen LogP contribution in [0.25, 0.3) is 6.08 Å². The monoisotopic (exact) mass is 452 g/mol. The lowest BCUT2D eigenvalue weighted by Gasteiger charge is -2.15. The molecule has 3 rings (SSSR count). The molecule has 4 nitrogen and oxygen atoms in total. The zero-order valence-corrected chi connectivity index (χ0v) is 20.1. The van der Waals surface area contributed by atoms with Gasteiger partial charge in [0, 0.05) is 18.7 Å². The molecule has 2 aromatic carbocycles. The minimum atomic E-state index is -0.0831. The zero-order chi connectivity index (χ0) is 22.5. The summed E-state index contributed by atoms with van der Waals surface area (Å²) in [5.41, 5.74) is 6.41. The summed E-state index contributed by atoms with van der Waals surface area (Å²) in [6, 6.07) is 12.3. The van der Waals surface area contributed by atoms with E-state index in [0.717, 1.165) is 28.8 Å². The van der Waals surface area contributed by atoms with Gasteiger partial charge >= 0.3 is 0 Å². The number of rotatable bonds is 7. The molecule has 1 fully saturated rings. The fourth-order valence-corrected chi connectivity index (χ4v) is 4.98. The van der Waals surface area contributed by atoms with Crippen molar-refractivity contribution in [1.29, 1.82) is 0 Å². The summed E-state index contributed by atoms with van der Waals surface area (Å²) in [6.07, 6.45) is 3.76. The predicted molar refractivity (Wildman–Crippen MR) is 134 cm³/mol. The lowest BCUT2D eigenvalue weighted by atomic mass is 10.0. The molecule has 1 aliphatic heterocycles. The van der Waals surface area contributed by atoms with E-state index in [1.807, 2.05) is 39.0 Å². The highest BCUT2D eigenvalue weighted by atomic mass is 32.2. The second-order valence-electron chi connectivity index (χ2n) is 7.85. The van der Waals surface area contributed by atoms with Crippen LogP contribution in [0.4, 0.5) is 5.69 Å². The Morgan fingerprint density at radius 3 is 2.39 bits per heavy atom. The molecule has 0 spiro atoms. The minimum absolute atomic E-state index is 0.0490. The molecule has 2 amide bonds. The standard InChI is InChI=1S/C25H28N2O2S2/c1-5-19-8-10-20(11-9-19)15-21-24(29)27(25(30)31-21)12-6-7-22(28)26-23-17(3)13-16(2)14-18(23)4/h8-11,13-15H,5-7,12H2,1-4H3,(H,26,28). The molecule has 0 unspecified atom stereocenters. The Kier molecular flexibility index (Phi) is 7.68. The number of thiocarbonyl (C=S) groups is 1. The van der Waals surface area contributed by atoms with Crippen LogP contribution in [0.2, 0.25) is 0 Å². The maximum Gasteiger partial charge on any atom is 0.266 e. The van der Waals surface area contributed by atoms with Crippen LogP contribution in [0, 0.1) is 20.8 Å². The van der Waals surface area contributed by atoms with Crippen LogP contribution in [0.15, 0.2) is 41.3 Å². The Balaban J connectivity index is 1.55. The number of nitrogens with zero attached hydrogens (tertiary/aromatic N) is 1. The average Bonchev–Trinajstić information content (AvgIpc) is 2.98. The van der Waals surface area contributed by atoms with Gasteiger partial charge < -0.3 is 5.32 Å². The number of anilines is 1. The molecule has 1 saturated heterocycles. The first kappa shape index (κ1) is 23.2. The molecule has 0 atom stereocenters. The van der Waals surface area contributed by atoms with E-state index in [9.17, 15) is 9.59 Å². The van der Waals surface area contributed by atoms with Crippen molar-refractivity contribution in [1.82, 2.24) is 4.90 Å². The summed E-state index contributed by atoms with van der Waals surface area (Å²) in [5, 5.41) is 3.01. The molecule has 0 aromatic heterocycles. The zero-order valence-electron chi connectivity index (χ0n) is 18.5. The molecular formula is C25H28N2O2S2. The third kappa shape index (κ3) is 5.83. The van der Waals surface area contributed by atoms with Crippen LogP contribution in [0.1, 0.15) is 47.6 Å². The van der Waals surface area contributed by atoms with Crippen molar-refractivity contribution in [3.63, 3.8) is 0 Å². The lowest BCUT2D eigenvalue weighted by Crippen LogP contribution is -2.29. The third-order valence-electron chi connectivity index (χ3n) is 5.29. The van der Waals surface area contributed by atoms with Gasteiger partial charge in [-0.3, -0.25) is 14.5 Å². The number of benzene rings is 2. The third-order valence-corrected chi connectivity index (χ3v) is 6.66. The van der Waals surface area contributed by atoms with Crippen LogP contribution in [0.5, 0.6) is 0 Å². The topological polar surface area (TPSA) is 49.4 Å². The van der Waals surface area contributed by atoms with E-state index in [2.05, 4.69) is 36.5 Å². The van der Waals surface area contributed by atoms with Gasteiger partial charge in [-0.2, -0.15) is 0 Å². The summed E-state index contributed by atoms with van der Waals surface area (Å²) in [6.45, 7) is 8.59. The first-order valence-electron chi connectivity index (χ1n) is 10.5. The molecule has 162 valence electrons. The molecule has 0 saturated carbocycles. The van der Waals surface area contributed by atoms with Crippen molar-refractivity contribution in [3.05, 3.63) is 69.1 Å². The highest BCUT2D eigenvalue weighted by Gasteiger charge is 2.31. The van der Waals surface area contributed by atoms with Crippen molar-refractivity contribution >= 4 is 51.9 Å². The van der Waals surface area contributed by atoms with Gasteiger partial charge in [0.2, 0.25) is 5.91 Å². The van der Waals surface area contributed by atoms with Gasteiger partial charge in [-0.05, 0) is 61.9 Å². The number of hydrogen-bond acceptors (Lipinski definition) is 4. The van der Waals surface area contributed by atoms with Crippen LogP contribution in [0.3, 0.4) is 0 Å². The molecule has 6 heteroatoms. The molecule has 1 aliphatic rings. The van der Waals surface area contributed by atoms with Crippen LogP contribution < -0.4 is 5.32 Å². The van der Waals surface area contributed by atoms with Crippen molar-refractivity contribution in [2.75, 3.05) is 11.9 Å². The van der Waals surface area contributed by atoms with Gasteiger partial charge in [0.25, 0.3) is 5.91 Å². The summed E-state index contributed by atoms with van der Waals surface area (Å²) in [7, 11) is 0. The van der Waals surface area contributed by atoms with Gasteiger partial charge in [-0.25, -0.2) is 0 Å². The number of nitrogens with one attached hydrogen (secondary N) is 1. The second-order valence-corrected chi connectivity index (χ2v) is 9.53. The van der Waals surface area contributed by atoms with E-state index in [1.165, 1.54) is 22.9 Å². The van der Waals surface area contributed by atoms with Crippen LogP contribution in [-0.2, 0) is 16.0 Å². The molecule has 0 radical (unpaired) electrons. The quantitative estimate of drug-likeness (QED) is 0.426. The SMILES string of the molecule is CCc1ccc(C=C2SC(=S)N(CCCC(=O)Nc3c(C)cc(C)cc3C)C2=O)cc1. The van der Waals surface area contributed by atoms with E-state index < -0.39 is 0 Å². The Morgan fingerprint density at radius 2 is 1.77 bits per heavy atom. The van der Waals surface area contributed by atoms with E-state index in [1.54, 1.807) is 4.90 Å². The molecule has 31 heavy (non-hydrogen) atoms. The number of carbonyl (C=O) groups is 2. The highest BCUT2D eigenvalue weighted by molar-refractivity contribution is 8.26. The molecule has 0 bridgehead atoms. The number of hydrogen-bond donors (Lipinski definition) is 1. The van der Waals surface area contributed by atoms with Crippen molar-refractivity contribution in [2.24, 2.45) is 0 Å². The first-order chi connectivity index (χ1) is 14.8. The molecule has 1 N–H and O–H groups in total. The van der Waals surface area contributed by atoms with Crippen molar-refractivity contribution in [2.45, 2.75) is 47.0 Å². The minimum Gasteiger partial charge on any atom is -0.326 e. The van der Waals surface area contributed by atoms with Gasteiger partial charge in [-0.1, -0.05) is 72.9 Å². The number of aryl methyl sites for hydroxylation is 4. The molecular weight excluding hydrogens is 424 g/mol. The summed E-state index contributed by atoms with van der Waals surface area (Å²) < 4.78 is 0.548. The number of thioether (sulfide) groups is 1. The molecule has 1 heterocycles. The van der Waals surface area contributed by atoms with Gasteiger partial charge in [0.05, 0.1) is 4.91 Å². The summed E-state index contributed by atoms with van der Waals surface area (Å²) in [4.78, 5) is 27.4. The largest absolute Gasteiger partial charge is 0.326 e. The van der Waals surface area contributed by atoms with E-state index in [4.69, 9.17) is 12.2 Å². The van der Waals surface area contributed by atoms with Gasteiger partial charge in [0.1, 0.15) is 4.32 Å². The Bertz CT molecular complexity index is 1020. The smallest absolute Gasteiger partial charge is 0.266 e. The lowest BCUT2D eigenvalue weighted by molar-refractivity contribution is -0.122. The Labute approximate surface area is 194 Å². The van der Waals surface area contributed by atoms with E-state index >= 15 is 0 Å². The van der Waals surface area contributed by atoms with Crippen molar-refractivity contribution < 1.29 is 9.59 Å². The maximum atomic E-state index is 12.8.